The molecule has 56 valence electrons. The Bertz CT molecular complexity index is 197. The van der Waals surface area contributed by atoms with Gasteiger partial charge in [-0.05, 0) is 12.8 Å². The molecule has 1 aliphatic carbocycles. The number of hydrogen-bond acceptors (Lipinski definition) is 3. The molecule has 1 unspecified atom stereocenters. The van der Waals surface area contributed by atoms with Gasteiger partial charge in [-0.25, -0.2) is 0 Å². The first-order chi connectivity index (χ1) is 4.68. The molecule has 0 aromatic heterocycles. The predicted molar refractivity (Wildman–Crippen MR) is 35.7 cm³/mol. The van der Waals surface area contributed by atoms with Crippen molar-refractivity contribution in [2.75, 3.05) is 5.75 Å². The molecule has 0 amide bonds. The Balaban J connectivity index is 0.000001000. The molecule has 0 radical (unpaired) electrons. The second kappa shape index (κ2) is 4.58. The fourth-order valence-electron chi connectivity index (χ4n) is 1.12. The summed E-state index contributed by atoms with van der Waals surface area (Å²) < 4.78 is 20.4. The summed E-state index contributed by atoms with van der Waals surface area (Å²) in [4.78, 5) is 0. The van der Waals surface area contributed by atoms with E-state index < -0.39 is 16.5 Å². The van der Waals surface area contributed by atoms with E-state index in [1.165, 1.54) is 0 Å². The van der Waals surface area contributed by atoms with Crippen molar-refractivity contribution in [3.8, 4) is 6.07 Å². The topological polar surface area (TPSA) is 63.9 Å². The zero-order valence-corrected chi connectivity index (χ0v) is 9.32. The third kappa shape index (κ3) is 2.85. The van der Waals surface area contributed by atoms with Gasteiger partial charge in [-0.1, -0.05) is 17.5 Å². The molecule has 0 bridgehead atoms. The summed E-state index contributed by atoms with van der Waals surface area (Å²) in [5.74, 6) is 0.0174. The molecular weight excluding hydrogens is 173 g/mol. The van der Waals surface area contributed by atoms with Gasteiger partial charge >= 0.3 is 29.6 Å². The van der Waals surface area contributed by atoms with E-state index >= 15 is 0 Å². The molecule has 0 spiro atoms. The van der Waals surface area contributed by atoms with Gasteiger partial charge in [-0.15, -0.1) is 0 Å². The van der Waals surface area contributed by atoms with Crippen LogP contribution in [0, 0.1) is 16.7 Å². The Morgan fingerprint density at radius 2 is 2.18 bits per heavy atom. The van der Waals surface area contributed by atoms with Crippen molar-refractivity contribution in [3.63, 3.8) is 0 Å². The molecule has 0 aromatic rings. The van der Waals surface area contributed by atoms with Crippen LogP contribution in [0.25, 0.3) is 0 Å². The first-order valence-electron chi connectivity index (χ1n) is 3.16. The van der Waals surface area contributed by atoms with E-state index in [1.807, 2.05) is 0 Å². The summed E-state index contributed by atoms with van der Waals surface area (Å²) in [5, 5.41) is 8.56. The minimum absolute atomic E-state index is 0. The Labute approximate surface area is 90.7 Å². The van der Waals surface area contributed by atoms with E-state index in [0.717, 1.165) is 19.3 Å². The van der Waals surface area contributed by atoms with Gasteiger partial charge in [0.05, 0.1) is 11.5 Å². The second-order valence-corrected chi connectivity index (χ2v) is 3.59. The van der Waals surface area contributed by atoms with Crippen molar-refractivity contribution >= 4 is 11.1 Å². The summed E-state index contributed by atoms with van der Waals surface area (Å²) >= 11 is -2.06. The van der Waals surface area contributed by atoms with Gasteiger partial charge in [0.2, 0.25) is 0 Å². The van der Waals surface area contributed by atoms with Crippen molar-refractivity contribution in [2.24, 2.45) is 5.41 Å². The molecule has 0 aromatic carbocycles. The molecule has 0 aliphatic heterocycles. The molecule has 5 heteroatoms. The van der Waals surface area contributed by atoms with Gasteiger partial charge in [-0.3, -0.25) is 4.21 Å². The van der Waals surface area contributed by atoms with E-state index in [4.69, 9.17) is 5.26 Å². The van der Waals surface area contributed by atoms with Gasteiger partial charge in [0, 0.05) is 5.75 Å². The van der Waals surface area contributed by atoms with E-state index in [-0.39, 0.29) is 35.3 Å². The van der Waals surface area contributed by atoms with Crippen molar-refractivity contribution in [2.45, 2.75) is 19.3 Å². The number of nitriles is 1. The smallest absolute Gasteiger partial charge is 0.772 e. The van der Waals surface area contributed by atoms with Gasteiger partial charge in [0.15, 0.2) is 0 Å². The summed E-state index contributed by atoms with van der Waals surface area (Å²) in [6.45, 7) is 0. The van der Waals surface area contributed by atoms with Crippen LogP contribution in [0.4, 0.5) is 0 Å². The molecular formula is C6H8NNaO2S. The first-order valence-corrected chi connectivity index (χ1v) is 4.40. The zero-order chi connectivity index (χ0) is 7.61. The third-order valence-corrected chi connectivity index (χ3v) is 2.73. The van der Waals surface area contributed by atoms with Crippen LogP contribution in [-0.4, -0.2) is 14.5 Å². The summed E-state index contributed by atoms with van der Waals surface area (Å²) in [6, 6.07) is 2.05. The average Bonchev–Trinajstić information content (AvgIpc) is 1.78. The number of hydrogen-bond donors (Lipinski definition) is 0. The molecule has 0 N–H and O–H groups in total. The Morgan fingerprint density at radius 3 is 2.27 bits per heavy atom. The van der Waals surface area contributed by atoms with Gasteiger partial charge < -0.3 is 4.55 Å². The third-order valence-electron chi connectivity index (χ3n) is 1.94. The van der Waals surface area contributed by atoms with Crippen LogP contribution in [-0.2, 0) is 11.1 Å². The van der Waals surface area contributed by atoms with Crippen LogP contribution in [0.15, 0.2) is 0 Å². The predicted octanol–water partition coefficient (Wildman–Crippen LogP) is -2.44. The van der Waals surface area contributed by atoms with Crippen LogP contribution >= 0.6 is 0 Å². The quantitative estimate of drug-likeness (QED) is 0.351. The molecule has 3 nitrogen and oxygen atoms in total. The second-order valence-electron chi connectivity index (χ2n) is 2.69. The summed E-state index contributed by atoms with van der Waals surface area (Å²) in [6.07, 6.45) is 2.49. The summed E-state index contributed by atoms with van der Waals surface area (Å²) in [5.41, 5.74) is -0.521. The number of rotatable bonds is 2. The van der Waals surface area contributed by atoms with E-state index in [2.05, 4.69) is 6.07 Å². The van der Waals surface area contributed by atoms with Crippen LogP contribution in [0.1, 0.15) is 19.3 Å². The fraction of sp³-hybridized carbons (Fsp3) is 0.833. The molecule has 1 aliphatic rings. The van der Waals surface area contributed by atoms with E-state index in [9.17, 15) is 8.76 Å². The van der Waals surface area contributed by atoms with Gasteiger partial charge in [0.1, 0.15) is 0 Å². The zero-order valence-electron chi connectivity index (χ0n) is 6.50. The van der Waals surface area contributed by atoms with Crippen LogP contribution < -0.4 is 29.6 Å². The minimum atomic E-state index is -2.06. The molecule has 11 heavy (non-hydrogen) atoms. The Morgan fingerprint density at radius 1 is 1.64 bits per heavy atom. The average molecular weight is 181 g/mol. The Kier molecular flexibility index (Phi) is 4.83. The SMILES string of the molecule is N#CC1(CS(=O)[O-])CCC1.[Na+]. The maximum atomic E-state index is 10.2. The standard InChI is InChI=1S/C6H9NO2S.Na/c7-4-6(2-1-3-6)5-10(8)9;/h1-3,5H2,(H,8,9);/q;+1/p-1. The maximum absolute atomic E-state index is 10.2. The van der Waals surface area contributed by atoms with E-state index in [0.29, 0.717) is 0 Å². The molecule has 0 heterocycles. The van der Waals surface area contributed by atoms with Crippen LogP contribution in [0.3, 0.4) is 0 Å². The molecule has 0 saturated heterocycles. The van der Waals surface area contributed by atoms with E-state index in [1.54, 1.807) is 0 Å². The molecule has 1 atom stereocenters. The van der Waals surface area contributed by atoms with Gasteiger partial charge in [0.25, 0.3) is 0 Å². The van der Waals surface area contributed by atoms with Crippen molar-refractivity contribution in [1.29, 1.82) is 5.26 Å². The van der Waals surface area contributed by atoms with Crippen LogP contribution in [0.5, 0.6) is 0 Å². The van der Waals surface area contributed by atoms with Crippen molar-refractivity contribution in [3.05, 3.63) is 0 Å². The largest absolute Gasteiger partial charge is 1.00 e. The summed E-state index contributed by atoms with van der Waals surface area (Å²) in [7, 11) is 0. The van der Waals surface area contributed by atoms with Crippen molar-refractivity contribution in [1.82, 2.24) is 0 Å². The first kappa shape index (κ1) is 11.6. The monoisotopic (exact) mass is 181 g/mol. The molecule has 1 fully saturated rings. The van der Waals surface area contributed by atoms with Crippen LogP contribution in [0.2, 0.25) is 0 Å². The molecule has 1 rings (SSSR count). The molecule has 1 saturated carbocycles. The maximum Gasteiger partial charge on any atom is 1.00 e. The fourth-order valence-corrected chi connectivity index (χ4v) is 1.92. The number of nitrogens with zero attached hydrogens (tertiary/aromatic N) is 1. The van der Waals surface area contributed by atoms with Gasteiger partial charge in [-0.2, -0.15) is 5.26 Å². The minimum Gasteiger partial charge on any atom is -0.772 e. The van der Waals surface area contributed by atoms with Crippen molar-refractivity contribution < 1.29 is 38.3 Å². The normalized spacial score (nSPS) is 22.2. The Hall–Kier alpha value is 0.600.